The Morgan fingerprint density at radius 3 is 2.71 bits per heavy atom. The summed E-state index contributed by atoms with van der Waals surface area (Å²) in [6.45, 7) is 9.57. The molecule has 1 aliphatic rings. The van der Waals surface area contributed by atoms with Crippen LogP contribution in [0.3, 0.4) is 0 Å². The molecule has 0 aliphatic carbocycles. The van der Waals surface area contributed by atoms with Crippen molar-refractivity contribution in [1.29, 1.82) is 0 Å². The Bertz CT molecular complexity index is 653. The molecule has 1 heterocycles. The molecule has 3 N–H and O–H groups in total. The van der Waals surface area contributed by atoms with Crippen LogP contribution in [-0.4, -0.2) is 33.8 Å². The van der Waals surface area contributed by atoms with E-state index in [1.807, 2.05) is 46.8 Å². The Balaban J connectivity index is 2.01. The molecule has 1 aliphatic heterocycles. The number of ether oxygens (including phenoxy) is 2. The minimum atomic E-state index is -0.428. The third-order valence-electron chi connectivity index (χ3n) is 3.54. The van der Waals surface area contributed by atoms with E-state index in [1.54, 1.807) is 6.07 Å². The largest absolute Gasteiger partial charge is 0.483 e. The van der Waals surface area contributed by atoms with Gasteiger partial charge in [0.1, 0.15) is 5.60 Å². The summed E-state index contributed by atoms with van der Waals surface area (Å²) < 4.78 is 11.6. The number of carbonyl (C=O) groups is 1. The summed E-state index contributed by atoms with van der Waals surface area (Å²) in [5.74, 6) is 0.927. The molecule has 0 radical (unpaired) electrons. The third-order valence-corrected chi connectivity index (χ3v) is 3.72. The topological polar surface area (TPSA) is 76.8 Å². The molecule has 2 rings (SSSR count). The number of carbonyl (C=O) groups excluding carboxylic acids is 1. The summed E-state index contributed by atoms with van der Waals surface area (Å²) in [7, 11) is 0. The number of hydrazine groups is 1. The van der Waals surface area contributed by atoms with Gasteiger partial charge in [0, 0.05) is 12.0 Å². The van der Waals surface area contributed by atoms with Gasteiger partial charge in [-0.15, -0.1) is 0 Å². The van der Waals surface area contributed by atoms with Crippen molar-refractivity contribution in [2.45, 2.75) is 52.2 Å². The lowest BCUT2D eigenvalue weighted by atomic mass is 10.0. The molecule has 1 aromatic carbocycles. The summed E-state index contributed by atoms with van der Waals surface area (Å²) in [6.07, 6.45) is 0.810. The van der Waals surface area contributed by atoms with Crippen molar-refractivity contribution in [3.8, 4) is 11.5 Å². The van der Waals surface area contributed by atoms with Crippen molar-refractivity contribution in [1.82, 2.24) is 10.4 Å². The number of rotatable bonds is 3. The quantitative estimate of drug-likeness (QED) is 0.642. The molecule has 24 heavy (non-hydrogen) atoms. The summed E-state index contributed by atoms with van der Waals surface area (Å²) in [5.41, 5.74) is 8.72. The summed E-state index contributed by atoms with van der Waals surface area (Å²) in [6, 6.07) is 5.70. The van der Waals surface area contributed by atoms with Gasteiger partial charge in [-0.05, 0) is 52.9 Å². The molecule has 0 fully saturated rings. The fourth-order valence-corrected chi connectivity index (χ4v) is 2.87. The smallest absolute Gasteiger partial charge is 0.276 e. The number of amides is 1. The van der Waals surface area contributed by atoms with Crippen molar-refractivity contribution in [3.05, 3.63) is 23.8 Å². The Morgan fingerprint density at radius 1 is 1.46 bits per heavy atom. The summed E-state index contributed by atoms with van der Waals surface area (Å²) in [4.78, 5) is 12.2. The fourth-order valence-electron chi connectivity index (χ4n) is 2.55. The van der Waals surface area contributed by atoms with E-state index in [0.29, 0.717) is 11.5 Å². The first-order valence-corrected chi connectivity index (χ1v) is 8.23. The number of fused-ring (bicyclic) bond motifs is 1. The highest BCUT2D eigenvalue weighted by molar-refractivity contribution is 7.80. The first-order valence-electron chi connectivity index (χ1n) is 7.82. The first-order chi connectivity index (χ1) is 11.0. The van der Waals surface area contributed by atoms with Crippen LogP contribution >= 0.6 is 12.2 Å². The van der Waals surface area contributed by atoms with Gasteiger partial charge in [0.05, 0.1) is 5.54 Å². The minimum absolute atomic E-state index is 0.0986. The molecular weight excluding hydrogens is 326 g/mol. The number of hydrogen-bond acceptors (Lipinski definition) is 4. The second-order valence-electron chi connectivity index (χ2n) is 7.45. The minimum Gasteiger partial charge on any atom is -0.483 e. The van der Waals surface area contributed by atoms with Crippen molar-refractivity contribution in [2.24, 2.45) is 5.73 Å². The van der Waals surface area contributed by atoms with Gasteiger partial charge in [-0.1, -0.05) is 12.1 Å². The molecule has 0 spiro atoms. The van der Waals surface area contributed by atoms with Crippen LogP contribution in [0.5, 0.6) is 11.5 Å². The standard InChI is InChI=1S/C17H25N3O3S/c1-16(2,3)20(15(18)24)19-13(21)10-22-12-8-6-7-11-9-17(4,5)23-14(11)12/h6-8H,9-10H2,1-5H3,(H2,18,24)(H,19,21). The molecule has 132 valence electrons. The molecule has 1 aromatic rings. The zero-order valence-electron chi connectivity index (χ0n) is 14.8. The molecule has 0 bridgehead atoms. The van der Waals surface area contributed by atoms with Gasteiger partial charge in [0.25, 0.3) is 5.91 Å². The average Bonchev–Trinajstić information content (AvgIpc) is 2.75. The van der Waals surface area contributed by atoms with Gasteiger partial charge in [-0.2, -0.15) is 0 Å². The Morgan fingerprint density at radius 2 is 2.12 bits per heavy atom. The molecule has 0 aromatic heterocycles. The number of nitrogens with zero attached hydrogens (tertiary/aromatic N) is 1. The number of nitrogens with two attached hydrogens (primary N) is 1. The highest BCUT2D eigenvalue weighted by Crippen LogP contribution is 2.41. The van der Waals surface area contributed by atoms with Gasteiger partial charge >= 0.3 is 0 Å². The highest BCUT2D eigenvalue weighted by atomic mass is 32.1. The van der Waals surface area contributed by atoms with E-state index in [0.717, 1.165) is 12.0 Å². The van der Waals surface area contributed by atoms with E-state index < -0.39 is 5.54 Å². The zero-order chi connectivity index (χ0) is 18.1. The van der Waals surface area contributed by atoms with Gasteiger partial charge < -0.3 is 15.2 Å². The highest BCUT2D eigenvalue weighted by Gasteiger charge is 2.32. The normalized spacial score (nSPS) is 15.2. The molecule has 1 amide bonds. The van der Waals surface area contributed by atoms with E-state index in [-0.39, 0.29) is 23.2 Å². The Hall–Kier alpha value is -2.02. The molecule has 0 unspecified atom stereocenters. The van der Waals surface area contributed by atoms with Crippen LogP contribution in [0, 0.1) is 0 Å². The molecule has 0 atom stereocenters. The van der Waals surface area contributed by atoms with E-state index in [4.69, 9.17) is 27.4 Å². The van der Waals surface area contributed by atoms with Crippen molar-refractivity contribution >= 4 is 23.2 Å². The molecular formula is C17H25N3O3S. The van der Waals surface area contributed by atoms with Gasteiger partial charge in [-0.3, -0.25) is 15.2 Å². The lowest BCUT2D eigenvalue weighted by molar-refractivity contribution is -0.127. The SMILES string of the molecule is CC1(C)Cc2cccc(OCC(=O)NN(C(N)=S)C(C)(C)C)c2O1. The van der Waals surface area contributed by atoms with E-state index in [9.17, 15) is 4.79 Å². The lowest BCUT2D eigenvalue weighted by Crippen LogP contribution is -2.58. The fraction of sp³-hybridized carbons (Fsp3) is 0.529. The van der Waals surface area contributed by atoms with Gasteiger partial charge in [0.15, 0.2) is 23.2 Å². The lowest BCUT2D eigenvalue weighted by Gasteiger charge is -2.35. The van der Waals surface area contributed by atoms with E-state index >= 15 is 0 Å². The third kappa shape index (κ3) is 4.29. The number of thiocarbonyl (C=S) groups is 1. The van der Waals surface area contributed by atoms with Crippen LogP contribution in [0.2, 0.25) is 0 Å². The second-order valence-corrected chi connectivity index (χ2v) is 7.87. The second kappa shape index (κ2) is 6.47. The monoisotopic (exact) mass is 351 g/mol. The van der Waals surface area contributed by atoms with Crippen molar-refractivity contribution in [2.75, 3.05) is 6.61 Å². The summed E-state index contributed by atoms with van der Waals surface area (Å²) >= 11 is 4.98. The van der Waals surface area contributed by atoms with Crippen LogP contribution in [0.4, 0.5) is 0 Å². The molecule has 6 nitrogen and oxygen atoms in total. The van der Waals surface area contributed by atoms with Crippen LogP contribution in [-0.2, 0) is 11.2 Å². The van der Waals surface area contributed by atoms with Crippen LogP contribution in [0.1, 0.15) is 40.2 Å². The van der Waals surface area contributed by atoms with Crippen molar-refractivity contribution in [3.63, 3.8) is 0 Å². The maximum absolute atomic E-state index is 12.2. The van der Waals surface area contributed by atoms with Crippen LogP contribution < -0.4 is 20.6 Å². The Kier molecular flexibility index (Phi) is 4.94. The Labute approximate surface area is 148 Å². The predicted molar refractivity (Wildman–Crippen MR) is 96.9 cm³/mol. The molecule has 0 saturated heterocycles. The number of nitrogens with one attached hydrogen (secondary N) is 1. The number of benzene rings is 1. The first kappa shape index (κ1) is 18.3. The predicted octanol–water partition coefficient (Wildman–Crippen LogP) is 2.15. The summed E-state index contributed by atoms with van der Waals surface area (Å²) in [5, 5.41) is 1.55. The van der Waals surface area contributed by atoms with Gasteiger partial charge in [-0.25, -0.2) is 0 Å². The number of hydrogen-bond donors (Lipinski definition) is 2. The van der Waals surface area contributed by atoms with Crippen LogP contribution in [0.25, 0.3) is 0 Å². The number of para-hydroxylation sites is 1. The zero-order valence-corrected chi connectivity index (χ0v) is 15.6. The molecule has 0 saturated carbocycles. The average molecular weight is 351 g/mol. The van der Waals surface area contributed by atoms with Crippen LogP contribution in [0.15, 0.2) is 18.2 Å². The maximum atomic E-state index is 12.2. The molecule has 7 heteroatoms. The van der Waals surface area contributed by atoms with Crippen molar-refractivity contribution < 1.29 is 14.3 Å². The van der Waals surface area contributed by atoms with Gasteiger partial charge in [0.2, 0.25) is 0 Å². The maximum Gasteiger partial charge on any atom is 0.276 e. The van der Waals surface area contributed by atoms with E-state index in [2.05, 4.69) is 5.43 Å². The van der Waals surface area contributed by atoms with E-state index in [1.165, 1.54) is 5.01 Å².